The average molecular weight is 659 g/mol. The molecule has 3 N–H and O–H groups in total. The Bertz CT molecular complexity index is 1950. The predicted octanol–water partition coefficient (Wildman–Crippen LogP) is 7.49. The smallest absolute Gasteiger partial charge is 0.272 e. The quantitative estimate of drug-likeness (QED) is 0.0546. The summed E-state index contributed by atoms with van der Waals surface area (Å²) < 4.78 is 5.44. The summed E-state index contributed by atoms with van der Waals surface area (Å²) in [6, 6.07) is 37.5. The van der Waals surface area contributed by atoms with Gasteiger partial charge in [-0.25, -0.2) is 0 Å². The molecule has 11 heteroatoms. The van der Waals surface area contributed by atoms with Crippen molar-refractivity contribution >= 4 is 52.6 Å². The van der Waals surface area contributed by atoms with Crippen molar-refractivity contribution in [3.63, 3.8) is 0 Å². The van der Waals surface area contributed by atoms with E-state index in [1.807, 2.05) is 36.4 Å². The van der Waals surface area contributed by atoms with Gasteiger partial charge in [-0.2, -0.15) is 0 Å². The van der Waals surface area contributed by atoms with E-state index >= 15 is 0 Å². The Morgan fingerprint density at radius 1 is 0.771 bits per heavy atom. The number of para-hydroxylation sites is 1. The number of nitrogens with one attached hydrogen (secondary N) is 3. The molecule has 1 unspecified atom stereocenters. The van der Waals surface area contributed by atoms with E-state index in [0.29, 0.717) is 33.1 Å². The summed E-state index contributed by atoms with van der Waals surface area (Å²) in [6.45, 7) is 0. The molecule has 3 amide bonds. The largest absolute Gasteiger partial charge is 0.496 e. The zero-order valence-corrected chi connectivity index (χ0v) is 26.5. The molecule has 0 aliphatic heterocycles. The highest BCUT2D eigenvalue weighted by molar-refractivity contribution is 8.00. The summed E-state index contributed by atoms with van der Waals surface area (Å²) in [7, 11) is 1.52. The highest BCUT2D eigenvalue weighted by Crippen LogP contribution is 2.37. The van der Waals surface area contributed by atoms with Crippen molar-refractivity contribution in [2.75, 3.05) is 17.7 Å². The van der Waals surface area contributed by atoms with Crippen molar-refractivity contribution in [1.29, 1.82) is 0 Å². The molecule has 5 aromatic rings. The number of hydrogen-bond acceptors (Lipinski definition) is 7. The van der Waals surface area contributed by atoms with Gasteiger partial charge in [0.15, 0.2) is 0 Å². The number of ether oxygens (including phenoxy) is 1. The molecule has 0 bridgehead atoms. The fourth-order valence-corrected chi connectivity index (χ4v) is 5.72. The molecule has 0 saturated carbocycles. The van der Waals surface area contributed by atoms with E-state index in [2.05, 4.69) is 16.0 Å². The van der Waals surface area contributed by atoms with Gasteiger partial charge in [-0.1, -0.05) is 72.8 Å². The summed E-state index contributed by atoms with van der Waals surface area (Å²) in [6.07, 6.45) is 1.54. The van der Waals surface area contributed by atoms with Crippen LogP contribution in [0.25, 0.3) is 6.08 Å². The number of carbonyl (C=O) groups excluding carboxylic acids is 3. The van der Waals surface area contributed by atoms with Gasteiger partial charge in [0.1, 0.15) is 16.7 Å². The van der Waals surface area contributed by atoms with Gasteiger partial charge in [-0.05, 0) is 60.2 Å². The maximum Gasteiger partial charge on any atom is 0.272 e. The Balaban J connectivity index is 1.38. The minimum absolute atomic E-state index is 0.00366. The number of hydrogen-bond donors (Lipinski definition) is 3. The van der Waals surface area contributed by atoms with Crippen LogP contribution in [0.15, 0.2) is 144 Å². The molecule has 0 aromatic heterocycles. The van der Waals surface area contributed by atoms with Gasteiger partial charge in [-0.3, -0.25) is 24.5 Å². The molecular weight excluding hydrogens is 628 g/mol. The zero-order chi connectivity index (χ0) is 33.9. The Morgan fingerprint density at radius 2 is 1.44 bits per heavy atom. The number of nitrogens with zero attached hydrogens (tertiary/aromatic N) is 1. The number of carbonyl (C=O) groups is 3. The Labute approximate surface area is 281 Å². The molecule has 0 spiro atoms. The fraction of sp³-hybridized carbons (Fsp3) is 0.0541. The van der Waals surface area contributed by atoms with Crippen molar-refractivity contribution < 1.29 is 24.0 Å². The van der Waals surface area contributed by atoms with Gasteiger partial charge in [0.2, 0.25) is 5.91 Å². The second kappa shape index (κ2) is 15.9. The summed E-state index contributed by atoms with van der Waals surface area (Å²) >= 11 is 1.27. The molecule has 0 radical (unpaired) electrons. The van der Waals surface area contributed by atoms with Gasteiger partial charge < -0.3 is 20.7 Å². The first-order valence-electron chi connectivity index (χ1n) is 14.7. The number of nitro groups is 1. The summed E-state index contributed by atoms with van der Waals surface area (Å²) in [5, 5.41) is 18.8. The summed E-state index contributed by atoms with van der Waals surface area (Å²) in [4.78, 5) is 51.5. The molecule has 1 atom stereocenters. The number of anilines is 2. The van der Waals surface area contributed by atoms with E-state index in [9.17, 15) is 24.5 Å². The third-order valence-corrected chi connectivity index (χ3v) is 8.25. The van der Waals surface area contributed by atoms with Crippen LogP contribution in [0, 0.1) is 10.1 Å². The van der Waals surface area contributed by atoms with Gasteiger partial charge in [0.05, 0.1) is 12.0 Å². The molecule has 10 nitrogen and oxygen atoms in total. The van der Waals surface area contributed by atoms with E-state index in [4.69, 9.17) is 4.74 Å². The van der Waals surface area contributed by atoms with Crippen molar-refractivity contribution in [3.8, 4) is 5.75 Å². The van der Waals surface area contributed by atoms with E-state index in [1.165, 1.54) is 43.1 Å². The van der Waals surface area contributed by atoms with Gasteiger partial charge in [0.25, 0.3) is 17.5 Å². The van der Waals surface area contributed by atoms with Crippen LogP contribution in [0.3, 0.4) is 0 Å². The molecule has 0 aliphatic rings. The van der Waals surface area contributed by atoms with Crippen molar-refractivity contribution in [2.24, 2.45) is 0 Å². The van der Waals surface area contributed by atoms with Crippen LogP contribution in [0.1, 0.15) is 26.7 Å². The minimum Gasteiger partial charge on any atom is -0.496 e. The van der Waals surface area contributed by atoms with Crippen molar-refractivity contribution in [1.82, 2.24) is 5.32 Å². The average Bonchev–Trinajstić information content (AvgIpc) is 3.11. The van der Waals surface area contributed by atoms with Crippen LogP contribution < -0.4 is 20.7 Å². The first kappa shape index (κ1) is 33.2. The van der Waals surface area contributed by atoms with Crippen LogP contribution in [0.4, 0.5) is 17.1 Å². The Morgan fingerprint density at radius 3 is 2.12 bits per heavy atom. The first-order valence-corrected chi connectivity index (χ1v) is 15.6. The summed E-state index contributed by atoms with van der Waals surface area (Å²) in [5.74, 6) is -0.835. The molecule has 0 saturated heterocycles. The molecule has 0 fully saturated rings. The van der Waals surface area contributed by atoms with Crippen LogP contribution in [-0.2, 0) is 9.59 Å². The van der Waals surface area contributed by atoms with E-state index in [1.54, 1.807) is 78.9 Å². The van der Waals surface area contributed by atoms with E-state index in [0.717, 1.165) is 5.56 Å². The van der Waals surface area contributed by atoms with E-state index in [-0.39, 0.29) is 17.3 Å². The Kier molecular flexibility index (Phi) is 11.0. The number of thioether (sulfide) groups is 1. The van der Waals surface area contributed by atoms with Crippen molar-refractivity contribution in [3.05, 3.63) is 166 Å². The highest BCUT2D eigenvalue weighted by atomic mass is 32.2. The van der Waals surface area contributed by atoms with E-state index < -0.39 is 22.0 Å². The highest BCUT2D eigenvalue weighted by Gasteiger charge is 2.23. The number of non-ortho nitro benzene ring substituents is 1. The number of rotatable bonds is 12. The molecule has 48 heavy (non-hydrogen) atoms. The lowest BCUT2D eigenvalue weighted by Gasteiger charge is -2.18. The lowest BCUT2D eigenvalue weighted by molar-refractivity contribution is -0.384. The predicted molar refractivity (Wildman–Crippen MR) is 187 cm³/mol. The number of benzene rings is 5. The number of methoxy groups -OCH3 is 1. The normalized spacial score (nSPS) is 11.6. The minimum atomic E-state index is -0.696. The second-order valence-electron chi connectivity index (χ2n) is 10.3. The second-order valence-corrected chi connectivity index (χ2v) is 11.5. The maximum atomic E-state index is 13.7. The lowest BCUT2D eigenvalue weighted by atomic mass is 10.1. The number of amides is 3. The monoisotopic (exact) mass is 658 g/mol. The third-order valence-electron chi connectivity index (χ3n) is 7.00. The van der Waals surface area contributed by atoms with Gasteiger partial charge in [0, 0.05) is 39.5 Å². The van der Waals surface area contributed by atoms with Crippen LogP contribution in [0.2, 0.25) is 0 Å². The Hall–Kier alpha value is -6.20. The van der Waals surface area contributed by atoms with Gasteiger partial charge in [-0.15, -0.1) is 11.8 Å². The first-order chi connectivity index (χ1) is 23.3. The molecule has 240 valence electrons. The molecule has 0 aliphatic carbocycles. The van der Waals surface area contributed by atoms with Crippen LogP contribution in [0.5, 0.6) is 5.75 Å². The molecule has 5 rings (SSSR count). The fourth-order valence-electron chi connectivity index (χ4n) is 4.64. The lowest BCUT2D eigenvalue weighted by Crippen LogP contribution is -2.30. The van der Waals surface area contributed by atoms with Crippen LogP contribution in [-0.4, -0.2) is 29.8 Å². The topological polar surface area (TPSA) is 140 Å². The maximum absolute atomic E-state index is 13.7. The third kappa shape index (κ3) is 8.74. The molecule has 5 aromatic carbocycles. The number of nitro benzene ring substituents is 1. The van der Waals surface area contributed by atoms with Gasteiger partial charge >= 0.3 is 0 Å². The van der Waals surface area contributed by atoms with Crippen LogP contribution >= 0.6 is 11.8 Å². The molecule has 0 heterocycles. The summed E-state index contributed by atoms with van der Waals surface area (Å²) in [5.41, 5.74) is 2.48. The zero-order valence-electron chi connectivity index (χ0n) is 25.7. The van der Waals surface area contributed by atoms with Crippen molar-refractivity contribution in [2.45, 2.75) is 10.1 Å². The molecular formula is C37H30N4O6S. The SMILES string of the molecule is COc1ccccc1/C=C(/NC(=O)c1ccccc1)C(=O)Nc1cccc(SC(C(=O)Nc2ccc([N+](=O)[O-])cc2)c2ccccc2)c1. The standard InChI is InChI=1S/C37H30N4O6S/c1-47-33-18-9-8-15-27(33)23-32(40-35(42)26-13-6-3-7-14-26)36(43)39-29-16-10-17-31(24-29)48-34(25-11-4-2-5-12-25)37(44)38-28-19-21-30(22-20-28)41(45)46/h2-24,34H,1H3,(H,38,44)(H,39,43)(H,40,42)/b32-23+.